The average molecular weight is 469 g/mol. The Labute approximate surface area is 202 Å². The number of aliphatic hydroxyl groups excluding tert-OH is 1. The molecule has 6 heteroatoms. The van der Waals surface area contributed by atoms with Crippen LogP contribution in [0.1, 0.15) is 80.1 Å². The Morgan fingerprint density at radius 1 is 0.941 bits per heavy atom. The van der Waals surface area contributed by atoms with Gasteiger partial charge in [0.25, 0.3) is 5.78 Å². The van der Waals surface area contributed by atoms with Crippen LogP contribution in [-0.2, 0) is 23.9 Å². The SMILES string of the molecule is CC(=O)OC12C(=O)C(=O)C(=C(O)C1=O)CC=C(C)CCC=C(C)CCC=C(C)CC2C=C(C)C. The number of Topliss-reactive ketones (excluding diaryl/α,β-unsaturated/α-hetero) is 3. The Morgan fingerprint density at radius 3 is 2.06 bits per heavy atom. The number of allylic oxidation sites excluding steroid dienone is 8. The Hall–Kier alpha value is -3.02. The van der Waals surface area contributed by atoms with E-state index >= 15 is 0 Å². The van der Waals surface area contributed by atoms with Crippen LogP contribution < -0.4 is 0 Å². The number of carbonyl (C=O) groups excluding carboxylic acids is 4. The second-order valence-corrected chi connectivity index (χ2v) is 9.63. The molecule has 0 aliphatic heterocycles. The lowest BCUT2D eigenvalue weighted by Gasteiger charge is -2.38. The Morgan fingerprint density at radius 2 is 1.50 bits per heavy atom. The highest BCUT2D eigenvalue weighted by Gasteiger charge is 2.61. The molecule has 184 valence electrons. The van der Waals surface area contributed by atoms with Crippen LogP contribution in [0.3, 0.4) is 0 Å². The molecule has 0 aromatic heterocycles. The van der Waals surface area contributed by atoms with Crippen LogP contribution in [0.25, 0.3) is 0 Å². The first-order chi connectivity index (χ1) is 15.9. The van der Waals surface area contributed by atoms with Crippen molar-refractivity contribution in [1.82, 2.24) is 0 Å². The van der Waals surface area contributed by atoms with Crippen LogP contribution in [0.15, 0.2) is 57.9 Å². The maximum atomic E-state index is 13.6. The van der Waals surface area contributed by atoms with Gasteiger partial charge in [0, 0.05) is 12.8 Å². The molecule has 3 aliphatic rings. The topological polar surface area (TPSA) is 97.7 Å². The van der Waals surface area contributed by atoms with E-state index in [-0.39, 0.29) is 18.4 Å². The van der Waals surface area contributed by atoms with Crippen molar-refractivity contribution in [2.24, 2.45) is 5.92 Å². The molecule has 0 amide bonds. The van der Waals surface area contributed by atoms with Crippen molar-refractivity contribution >= 4 is 23.3 Å². The van der Waals surface area contributed by atoms with Crippen LogP contribution in [-0.4, -0.2) is 34.0 Å². The number of ether oxygens (including phenoxy) is 1. The summed E-state index contributed by atoms with van der Waals surface area (Å²) in [6.07, 6.45) is 11.1. The molecular weight excluding hydrogens is 432 g/mol. The second-order valence-electron chi connectivity index (χ2n) is 9.63. The van der Waals surface area contributed by atoms with Crippen molar-refractivity contribution < 1.29 is 29.0 Å². The van der Waals surface area contributed by atoms with Gasteiger partial charge in [-0.2, -0.15) is 0 Å². The highest BCUT2D eigenvalue weighted by atomic mass is 16.6. The molecule has 0 aromatic rings. The van der Waals surface area contributed by atoms with Gasteiger partial charge >= 0.3 is 5.97 Å². The third-order valence-electron chi connectivity index (χ3n) is 6.28. The van der Waals surface area contributed by atoms with E-state index in [1.54, 1.807) is 26.0 Å². The quantitative estimate of drug-likeness (QED) is 0.245. The van der Waals surface area contributed by atoms with E-state index in [0.717, 1.165) is 49.3 Å². The van der Waals surface area contributed by atoms with Gasteiger partial charge in [-0.05, 0) is 73.1 Å². The number of aliphatic hydroxyl groups is 1. The predicted octanol–water partition coefficient (Wildman–Crippen LogP) is 5.60. The van der Waals surface area contributed by atoms with E-state index in [1.807, 2.05) is 19.9 Å². The first-order valence-electron chi connectivity index (χ1n) is 11.8. The molecule has 0 heterocycles. The van der Waals surface area contributed by atoms with Crippen molar-refractivity contribution in [1.29, 1.82) is 0 Å². The number of fused-ring (bicyclic) bond motifs is 11. The fourth-order valence-corrected chi connectivity index (χ4v) is 4.48. The summed E-state index contributed by atoms with van der Waals surface area (Å²) in [5.74, 6) is -5.74. The van der Waals surface area contributed by atoms with Crippen LogP contribution in [0.4, 0.5) is 0 Å². The third-order valence-corrected chi connectivity index (χ3v) is 6.28. The number of ketones is 3. The summed E-state index contributed by atoms with van der Waals surface area (Å²) >= 11 is 0. The highest BCUT2D eigenvalue weighted by Crippen LogP contribution is 2.39. The van der Waals surface area contributed by atoms with Gasteiger partial charge in [-0.15, -0.1) is 0 Å². The molecule has 3 aliphatic carbocycles. The maximum Gasteiger partial charge on any atom is 0.304 e. The van der Waals surface area contributed by atoms with Gasteiger partial charge in [0.1, 0.15) is 0 Å². The highest BCUT2D eigenvalue weighted by molar-refractivity contribution is 6.54. The van der Waals surface area contributed by atoms with Gasteiger partial charge in [-0.1, -0.05) is 46.6 Å². The summed E-state index contributed by atoms with van der Waals surface area (Å²) in [6.45, 7) is 10.6. The Balaban J connectivity index is 2.76. The molecule has 2 bridgehead atoms. The van der Waals surface area contributed by atoms with E-state index in [1.165, 1.54) is 5.57 Å². The number of esters is 1. The molecule has 0 aromatic carbocycles. The molecule has 0 saturated heterocycles. The van der Waals surface area contributed by atoms with Gasteiger partial charge in [0.2, 0.25) is 17.2 Å². The number of hydrogen-bond donors (Lipinski definition) is 1. The maximum absolute atomic E-state index is 13.6. The van der Waals surface area contributed by atoms with E-state index in [4.69, 9.17) is 4.74 Å². The molecule has 0 spiro atoms. The average Bonchev–Trinajstić information content (AvgIpc) is 2.74. The van der Waals surface area contributed by atoms with Crippen molar-refractivity contribution in [3.8, 4) is 0 Å². The lowest BCUT2D eigenvalue weighted by atomic mass is 9.69. The Bertz CT molecular complexity index is 1030. The molecule has 2 unspecified atom stereocenters. The number of carbonyl (C=O) groups is 4. The first kappa shape index (κ1) is 27.2. The molecule has 0 radical (unpaired) electrons. The minimum atomic E-state index is -2.43. The van der Waals surface area contributed by atoms with E-state index in [2.05, 4.69) is 13.0 Å². The van der Waals surface area contributed by atoms with Crippen molar-refractivity contribution in [2.45, 2.75) is 85.7 Å². The lowest BCUT2D eigenvalue weighted by molar-refractivity contribution is -0.177. The van der Waals surface area contributed by atoms with Gasteiger partial charge in [0.05, 0.1) is 5.57 Å². The zero-order chi connectivity index (χ0) is 25.6. The minimum Gasteiger partial charge on any atom is -0.504 e. The minimum absolute atomic E-state index is 0.0426. The summed E-state index contributed by atoms with van der Waals surface area (Å²) in [5.41, 5.74) is 1.26. The standard InChI is InChI=1S/C28H36O6/c1-17(2)15-22-16-20(5)12-8-10-18(3)9-7-11-19(4)13-14-23-24(30)26(32)28(22,34-21(6)29)27(33)25(23)31/h9,12-13,15,22,30H,7-8,10-11,14,16H2,1-6H3. The predicted molar refractivity (Wildman–Crippen MR) is 131 cm³/mol. The van der Waals surface area contributed by atoms with Crippen LogP contribution in [0.5, 0.6) is 0 Å². The molecule has 2 atom stereocenters. The monoisotopic (exact) mass is 468 g/mol. The molecule has 6 nitrogen and oxygen atoms in total. The van der Waals surface area contributed by atoms with Crippen LogP contribution in [0.2, 0.25) is 0 Å². The lowest BCUT2D eigenvalue weighted by Crippen LogP contribution is -2.61. The van der Waals surface area contributed by atoms with Gasteiger partial charge < -0.3 is 9.84 Å². The van der Waals surface area contributed by atoms with E-state index in [9.17, 15) is 24.3 Å². The Kier molecular flexibility index (Phi) is 9.14. The number of hydrogen-bond acceptors (Lipinski definition) is 6. The normalized spacial score (nSPS) is 25.3. The van der Waals surface area contributed by atoms with E-state index in [0.29, 0.717) is 0 Å². The molecule has 0 saturated carbocycles. The molecule has 34 heavy (non-hydrogen) atoms. The van der Waals surface area contributed by atoms with Crippen molar-refractivity contribution in [3.05, 3.63) is 57.9 Å². The third kappa shape index (κ3) is 6.10. The van der Waals surface area contributed by atoms with Crippen LogP contribution >= 0.6 is 0 Å². The smallest absolute Gasteiger partial charge is 0.304 e. The molecule has 0 fully saturated rings. The zero-order valence-electron chi connectivity index (χ0n) is 21.1. The fourth-order valence-electron chi connectivity index (χ4n) is 4.48. The molecular formula is C28H36O6. The molecule has 1 N–H and O–H groups in total. The van der Waals surface area contributed by atoms with E-state index < -0.39 is 40.6 Å². The number of rotatable bonds is 2. The summed E-state index contributed by atoms with van der Waals surface area (Å²) in [6, 6.07) is 0. The summed E-state index contributed by atoms with van der Waals surface area (Å²) in [5, 5.41) is 10.8. The second kappa shape index (κ2) is 11.4. The summed E-state index contributed by atoms with van der Waals surface area (Å²) in [7, 11) is 0. The van der Waals surface area contributed by atoms with Crippen molar-refractivity contribution in [2.75, 3.05) is 0 Å². The zero-order valence-corrected chi connectivity index (χ0v) is 21.1. The molecule has 3 rings (SSSR count). The van der Waals surface area contributed by atoms with Gasteiger partial charge in [-0.25, -0.2) is 0 Å². The van der Waals surface area contributed by atoms with Crippen LogP contribution in [0, 0.1) is 5.92 Å². The fraction of sp³-hybridized carbons (Fsp3) is 0.500. The summed E-state index contributed by atoms with van der Waals surface area (Å²) < 4.78 is 5.41. The largest absolute Gasteiger partial charge is 0.504 e. The first-order valence-corrected chi connectivity index (χ1v) is 11.8. The van der Waals surface area contributed by atoms with Gasteiger partial charge in [0.15, 0.2) is 5.76 Å². The van der Waals surface area contributed by atoms with Crippen molar-refractivity contribution in [3.63, 3.8) is 0 Å². The summed E-state index contributed by atoms with van der Waals surface area (Å²) in [4.78, 5) is 52.4. The van der Waals surface area contributed by atoms with Gasteiger partial charge in [-0.3, -0.25) is 19.2 Å².